The first-order valence-electron chi connectivity index (χ1n) is 24.0. The number of hydrogen-bond acceptors (Lipinski definition) is 13. The molecule has 0 bridgehead atoms. The van der Waals surface area contributed by atoms with E-state index < -0.39 is 49.6 Å². The van der Waals surface area contributed by atoms with Crippen LogP contribution in [0.5, 0.6) is 23.0 Å². The molecule has 0 aliphatic carbocycles. The zero-order valence-electron chi connectivity index (χ0n) is 41.7. The highest BCUT2D eigenvalue weighted by atomic mass is 19.4. The Morgan fingerprint density at radius 2 is 1.04 bits per heavy atom. The van der Waals surface area contributed by atoms with E-state index in [1.54, 1.807) is 36.7 Å². The highest BCUT2D eigenvalue weighted by Crippen LogP contribution is 2.40. The number of ketones is 2. The summed E-state index contributed by atoms with van der Waals surface area (Å²) in [6.45, 7) is 4.32. The second-order valence-electron chi connectivity index (χ2n) is 18.2. The number of nitriles is 1. The number of Topliss-reactive ketones (excluding diaryl/α,β-unsaturated/α-hetero) is 2. The second kappa shape index (κ2) is 22.9. The molecule has 8 aromatic rings. The summed E-state index contributed by atoms with van der Waals surface area (Å²) >= 11 is 0. The maximum atomic E-state index is 12.7. The number of likely N-dealkylation sites (tertiary alicyclic amines) is 1. The number of rotatable bonds is 18. The first-order chi connectivity index (χ1) is 36.5. The van der Waals surface area contributed by atoms with Crippen molar-refractivity contribution in [2.45, 2.75) is 64.0 Å². The molecule has 404 valence electrons. The van der Waals surface area contributed by atoms with E-state index in [4.69, 9.17) is 24.2 Å². The molecule has 8 heterocycles. The van der Waals surface area contributed by atoms with Crippen LogP contribution in [-0.4, -0.2) is 128 Å². The molecular weight excluding hydrogens is 1010 g/mol. The van der Waals surface area contributed by atoms with Crippen LogP contribution >= 0.6 is 0 Å². The first-order valence-corrected chi connectivity index (χ1v) is 24.0. The van der Waals surface area contributed by atoms with Crippen LogP contribution in [0.15, 0.2) is 98.1 Å². The third-order valence-electron chi connectivity index (χ3n) is 13.3. The van der Waals surface area contributed by atoms with E-state index in [0.29, 0.717) is 46.3 Å². The number of aromatic nitrogens is 8. The molecule has 77 heavy (non-hydrogen) atoms. The van der Waals surface area contributed by atoms with Gasteiger partial charge in [0.2, 0.25) is 0 Å². The Labute approximate surface area is 438 Å². The SMILES string of the molecule is C.COc1cc(-c2cnc3cc(-c4cnn(C5CN(CCC#N)C5)c4)ccn23)cc(OC)c1C(=O)CCC(F)(F)F.COc1cc(-c2cnc3cc(-c4cnn(C5CNC5)c4)ccn23)cc(OC)c1C(=O)CCC(F)(F)F. The van der Waals surface area contributed by atoms with Gasteiger partial charge in [0.25, 0.3) is 0 Å². The fourth-order valence-corrected chi connectivity index (χ4v) is 9.11. The molecule has 6 aromatic heterocycles. The Hall–Kier alpha value is -8.23. The van der Waals surface area contributed by atoms with Crippen molar-refractivity contribution in [2.24, 2.45) is 0 Å². The summed E-state index contributed by atoms with van der Waals surface area (Å²) in [6, 6.07) is 17.0. The average Bonchev–Trinajstić information content (AvgIpc) is 4.26. The number of imidazole rings is 2. The zero-order valence-corrected chi connectivity index (χ0v) is 41.7. The smallest absolute Gasteiger partial charge is 0.389 e. The number of carbonyl (C=O) groups is 2. The predicted molar refractivity (Wildman–Crippen MR) is 273 cm³/mol. The minimum absolute atomic E-state index is 0. The molecule has 0 unspecified atom stereocenters. The Kier molecular flexibility index (Phi) is 16.4. The van der Waals surface area contributed by atoms with Gasteiger partial charge in [-0.05, 0) is 59.7 Å². The van der Waals surface area contributed by atoms with E-state index in [0.717, 1.165) is 55.0 Å². The predicted octanol–water partition coefficient (Wildman–Crippen LogP) is 10.4. The standard InChI is InChI=1S/C28H27F3N6O3.C25H24F3N5O3.CH4/c1-39-24-10-19(11-25(40-2)27(24)23(38)4-6-28(29,30)31)22-14-33-26-12-18(5-9-36(22)26)20-13-34-37(15-20)21-16-35(17-21)8-3-7-32;1-35-21-7-16(8-22(36-2)24(21)20(34)3-5-25(26,27)28)19-13-30-23-9-15(4-6-32(19)23)17-10-31-33(14-17)18-11-29-12-18;/h5,9-15,21H,3-4,6,8,16-17H2,1-2H3;4,6-10,13-14,18,29H,3,5,11-12H2,1-2H3;1H4. The number of fused-ring (bicyclic) bond motifs is 2. The number of alkyl halides is 6. The van der Waals surface area contributed by atoms with Crippen LogP contribution in [0, 0.1) is 11.3 Å². The summed E-state index contributed by atoms with van der Waals surface area (Å²) < 4.78 is 105. The van der Waals surface area contributed by atoms with Gasteiger partial charge in [0.1, 0.15) is 45.4 Å². The van der Waals surface area contributed by atoms with Gasteiger partial charge < -0.3 is 24.3 Å². The maximum absolute atomic E-state index is 12.7. The third-order valence-corrected chi connectivity index (χ3v) is 13.3. The van der Waals surface area contributed by atoms with Gasteiger partial charge in [-0.2, -0.15) is 41.8 Å². The van der Waals surface area contributed by atoms with Crippen LogP contribution in [0.3, 0.4) is 0 Å². The van der Waals surface area contributed by atoms with E-state index in [9.17, 15) is 35.9 Å². The number of carbonyl (C=O) groups excluding carboxylic acids is 2. The van der Waals surface area contributed by atoms with Crippen LogP contribution in [0.2, 0.25) is 0 Å². The van der Waals surface area contributed by atoms with Crippen LogP contribution in [0.4, 0.5) is 26.3 Å². The molecule has 2 aliphatic heterocycles. The monoisotopic (exact) mass is 1070 g/mol. The van der Waals surface area contributed by atoms with Crippen LogP contribution < -0.4 is 24.3 Å². The molecule has 23 heteroatoms. The highest BCUT2D eigenvalue weighted by Gasteiger charge is 2.33. The summed E-state index contributed by atoms with van der Waals surface area (Å²) in [6.07, 6.45) is 2.60. The van der Waals surface area contributed by atoms with Gasteiger partial charge >= 0.3 is 12.4 Å². The molecule has 1 N–H and O–H groups in total. The topological polar surface area (TPSA) is 180 Å². The van der Waals surface area contributed by atoms with Gasteiger partial charge in [0.15, 0.2) is 11.6 Å². The van der Waals surface area contributed by atoms with E-state index >= 15 is 0 Å². The fraction of sp³-hybridized carbons (Fsp3) is 0.352. The lowest BCUT2D eigenvalue weighted by atomic mass is 10.0. The summed E-state index contributed by atoms with van der Waals surface area (Å²) in [5, 5.41) is 21.0. The Bertz CT molecular complexity index is 3400. The van der Waals surface area contributed by atoms with Crippen molar-refractivity contribution in [3.05, 3.63) is 109 Å². The number of hydrogen-bond donors (Lipinski definition) is 1. The van der Waals surface area contributed by atoms with E-state index in [-0.39, 0.29) is 47.6 Å². The largest absolute Gasteiger partial charge is 0.496 e. The number of halogens is 6. The van der Waals surface area contributed by atoms with Crippen molar-refractivity contribution in [3.8, 4) is 73.8 Å². The minimum atomic E-state index is -4.44. The molecule has 2 aromatic carbocycles. The normalized spacial score (nSPS) is 14.0. The van der Waals surface area contributed by atoms with Crippen molar-refractivity contribution in [3.63, 3.8) is 0 Å². The van der Waals surface area contributed by atoms with Crippen molar-refractivity contribution in [1.29, 1.82) is 5.26 Å². The Balaban J connectivity index is 0.000000202. The number of ether oxygens (including phenoxy) is 4. The first kappa shape index (κ1) is 55.0. The number of methoxy groups -OCH3 is 4. The van der Waals surface area contributed by atoms with E-state index in [1.807, 2.05) is 79.6 Å². The molecule has 0 spiro atoms. The van der Waals surface area contributed by atoms with Crippen molar-refractivity contribution in [2.75, 3.05) is 61.2 Å². The van der Waals surface area contributed by atoms with E-state index in [2.05, 4.69) is 36.5 Å². The number of nitrogens with one attached hydrogen (secondary N) is 1. The molecule has 0 saturated carbocycles. The molecule has 2 saturated heterocycles. The molecule has 10 rings (SSSR count). The summed E-state index contributed by atoms with van der Waals surface area (Å²) in [4.78, 5) is 36.6. The lowest BCUT2D eigenvalue weighted by Crippen LogP contribution is -2.47. The minimum Gasteiger partial charge on any atom is -0.496 e. The molecular formula is C54H55F6N11O6. The molecule has 0 radical (unpaired) electrons. The maximum Gasteiger partial charge on any atom is 0.389 e. The summed E-state index contributed by atoms with van der Waals surface area (Å²) in [5.41, 5.74) is 7.85. The molecule has 2 aliphatic rings. The number of nitrogens with zero attached hydrogens (tertiary/aromatic N) is 10. The lowest BCUT2D eigenvalue weighted by molar-refractivity contribution is -0.134. The highest BCUT2D eigenvalue weighted by molar-refractivity contribution is 6.03. The van der Waals surface area contributed by atoms with Crippen LogP contribution in [0.25, 0.3) is 56.1 Å². The zero-order chi connectivity index (χ0) is 53.9. The van der Waals surface area contributed by atoms with Crippen LogP contribution in [-0.2, 0) is 0 Å². The van der Waals surface area contributed by atoms with Crippen LogP contribution in [0.1, 0.15) is 72.3 Å². The summed E-state index contributed by atoms with van der Waals surface area (Å²) in [5.74, 6) is -0.876. The van der Waals surface area contributed by atoms with Gasteiger partial charge in [-0.1, -0.05) is 7.43 Å². The average molecular weight is 1070 g/mol. The van der Waals surface area contributed by atoms with Gasteiger partial charge in [-0.3, -0.25) is 32.7 Å². The summed E-state index contributed by atoms with van der Waals surface area (Å²) in [7, 11) is 5.43. The fourth-order valence-electron chi connectivity index (χ4n) is 9.11. The molecule has 17 nitrogen and oxygen atoms in total. The second-order valence-corrected chi connectivity index (χ2v) is 18.2. The quantitative estimate of drug-likeness (QED) is 0.0634. The molecule has 0 atom stereocenters. The van der Waals surface area contributed by atoms with Gasteiger partial charge in [-0.15, -0.1) is 0 Å². The number of pyridine rings is 2. The molecule has 2 fully saturated rings. The third kappa shape index (κ3) is 12.1. The van der Waals surface area contributed by atoms with Crippen molar-refractivity contribution < 1.29 is 54.9 Å². The van der Waals surface area contributed by atoms with Gasteiger partial charge in [-0.25, -0.2) is 9.97 Å². The Morgan fingerprint density at radius 1 is 0.623 bits per heavy atom. The van der Waals surface area contributed by atoms with E-state index in [1.165, 1.54) is 28.4 Å². The number of benzene rings is 2. The van der Waals surface area contributed by atoms with Crippen molar-refractivity contribution in [1.82, 2.24) is 48.5 Å². The lowest BCUT2D eigenvalue weighted by Gasteiger charge is -2.38. The molecule has 0 amide bonds. The van der Waals surface area contributed by atoms with Gasteiger partial charge in [0, 0.05) is 99.0 Å². The Morgan fingerprint density at radius 3 is 1.40 bits per heavy atom. The van der Waals surface area contributed by atoms with Gasteiger partial charge in [0.05, 0.1) is 95.6 Å². The van der Waals surface area contributed by atoms with Crippen molar-refractivity contribution >= 4 is 22.9 Å².